The van der Waals surface area contributed by atoms with Gasteiger partial charge in [0.1, 0.15) is 5.75 Å². The van der Waals surface area contributed by atoms with Gasteiger partial charge in [-0.2, -0.15) is 0 Å². The van der Waals surface area contributed by atoms with E-state index in [1.807, 2.05) is 12.1 Å². The maximum atomic E-state index is 6.05. The zero-order valence-corrected chi connectivity index (χ0v) is 11.2. The molecule has 0 atom stereocenters. The summed E-state index contributed by atoms with van der Waals surface area (Å²) in [5, 5.41) is 0.527. The van der Waals surface area contributed by atoms with Crippen molar-refractivity contribution < 1.29 is 4.74 Å². The Morgan fingerprint density at radius 1 is 1.29 bits per heavy atom. The van der Waals surface area contributed by atoms with Crippen molar-refractivity contribution in [3.8, 4) is 11.6 Å². The van der Waals surface area contributed by atoms with Crippen molar-refractivity contribution in [1.29, 1.82) is 0 Å². The largest absolute Gasteiger partial charge is 0.437 e. The van der Waals surface area contributed by atoms with Crippen LogP contribution in [0.5, 0.6) is 11.6 Å². The second kappa shape index (κ2) is 5.49. The van der Waals surface area contributed by atoms with Crippen molar-refractivity contribution in [3.63, 3.8) is 0 Å². The summed E-state index contributed by atoms with van der Waals surface area (Å²) >= 11 is 9.38. The molecule has 0 bridgehead atoms. The number of pyridine rings is 1. The number of ether oxygens (including phenoxy) is 1. The lowest BCUT2D eigenvalue weighted by Crippen LogP contribution is -1.97. The summed E-state index contributed by atoms with van der Waals surface area (Å²) in [4.78, 5) is 4.10. The standard InChI is InChI=1S/C12H10BrClN2O/c13-9-1-2-11(10(14)6-9)17-12-5-8(7-15)3-4-16-12/h1-6H,7,15H2. The Bertz CT molecular complexity index is 534. The number of halogens is 2. The Labute approximate surface area is 113 Å². The zero-order chi connectivity index (χ0) is 12.3. The first-order valence-electron chi connectivity index (χ1n) is 4.97. The van der Waals surface area contributed by atoms with Crippen LogP contribution in [0.25, 0.3) is 0 Å². The molecule has 88 valence electrons. The van der Waals surface area contributed by atoms with E-state index in [-0.39, 0.29) is 0 Å². The molecule has 0 unspecified atom stereocenters. The maximum absolute atomic E-state index is 6.05. The molecule has 0 aliphatic carbocycles. The van der Waals surface area contributed by atoms with E-state index >= 15 is 0 Å². The molecule has 1 heterocycles. The lowest BCUT2D eigenvalue weighted by atomic mass is 10.3. The highest BCUT2D eigenvalue weighted by Gasteiger charge is 2.05. The number of nitrogens with two attached hydrogens (primary N) is 1. The Balaban J connectivity index is 2.25. The van der Waals surface area contributed by atoms with Crippen molar-refractivity contribution in [1.82, 2.24) is 4.98 Å². The molecule has 0 saturated carbocycles. The summed E-state index contributed by atoms with van der Waals surface area (Å²) < 4.78 is 6.49. The molecule has 3 nitrogen and oxygen atoms in total. The normalized spacial score (nSPS) is 10.3. The summed E-state index contributed by atoms with van der Waals surface area (Å²) in [7, 11) is 0. The van der Waals surface area contributed by atoms with Gasteiger partial charge in [-0.1, -0.05) is 27.5 Å². The van der Waals surface area contributed by atoms with Crippen LogP contribution >= 0.6 is 27.5 Å². The zero-order valence-electron chi connectivity index (χ0n) is 8.86. The highest BCUT2D eigenvalue weighted by Crippen LogP contribution is 2.30. The van der Waals surface area contributed by atoms with Gasteiger partial charge < -0.3 is 10.5 Å². The molecule has 0 amide bonds. The van der Waals surface area contributed by atoms with Crippen LogP contribution in [-0.4, -0.2) is 4.98 Å². The molecule has 0 saturated heterocycles. The highest BCUT2D eigenvalue weighted by molar-refractivity contribution is 9.10. The number of rotatable bonds is 3. The van der Waals surface area contributed by atoms with Gasteiger partial charge in [0.05, 0.1) is 5.02 Å². The monoisotopic (exact) mass is 312 g/mol. The van der Waals surface area contributed by atoms with Gasteiger partial charge in [0.25, 0.3) is 0 Å². The lowest BCUT2D eigenvalue weighted by molar-refractivity contribution is 0.462. The van der Waals surface area contributed by atoms with Crippen molar-refractivity contribution in [2.45, 2.75) is 6.54 Å². The first kappa shape index (κ1) is 12.4. The molecule has 5 heteroatoms. The van der Waals surface area contributed by atoms with E-state index in [4.69, 9.17) is 22.1 Å². The van der Waals surface area contributed by atoms with Gasteiger partial charge in [-0.15, -0.1) is 0 Å². The number of aromatic nitrogens is 1. The van der Waals surface area contributed by atoms with Crippen LogP contribution < -0.4 is 10.5 Å². The van der Waals surface area contributed by atoms with Crippen LogP contribution in [0.1, 0.15) is 5.56 Å². The molecule has 17 heavy (non-hydrogen) atoms. The van der Waals surface area contributed by atoms with Gasteiger partial charge in [-0.25, -0.2) is 4.98 Å². The van der Waals surface area contributed by atoms with Gasteiger partial charge in [-0.3, -0.25) is 0 Å². The maximum Gasteiger partial charge on any atom is 0.219 e. The number of nitrogens with zero attached hydrogens (tertiary/aromatic N) is 1. The molecule has 0 spiro atoms. The van der Waals surface area contributed by atoms with Crippen LogP contribution in [0, 0.1) is 0 Å². The molecule has 1 aromatic heterocycles. The molecule has 0 fully saturated rings. The molecule has 2 aromatic rings. The highest BCUT2D eigenvalue weighted by atomic mass is 79.9. The molecule has 2 N–H and O–H groups in total. The molecule has 1 aromatic carbocycles. The summed E-state index contributed by atoms with van der Waals surface area (Å²) in [5.74, 6) is 1.05. The number of hydrogen-bond donors (Lipinski definition) is 1. The van der Waals surface area contributed by atoms with Gasteiger partial charge in [0.2, 0.25) is 5.88 Å². The Hall–Kier alpha value is -1.10. The van der Waals surface area contributed by atoms with Crippen LogP contribution in [0.15, 0.2) is 41.0 Å². The predicted octanol–water partition coefficient (Wildman–Crippen LogP) is 3.75. The van der Waals surface area contributed by atoms with Gasteiger partial charge in [-0.05, 0) is 29.8 Å². The van der Waals surface area contributed by atoms with Crippen LogP contribution in [0.4, 0.5) is 0 Å². The Morgan fingerprint density at radius 3 is 2.82 bits per heavy atom. The third-order valence-electron chi connectivity index (χ3n) is 2.14. The molecule has 0 aliphatic rings. The molecule has 2 rings (SSSR count). The minimum absolute atomic E-state index is 0.451. The van der Waals surface area contributed by atoms with Crippen LogP contribution in [-0.2, 0) is 6.54 Å². The van der Waals surface area contributed by atoms with Crippen molar-refractivity contribution >= 4 is 27.5 Å². The van der Waals surface area contributed by atoms with E-state index < -0.39 is 0 Å². The molecule has 0 radical (unpaired) electrons. The van der Waals surface area contributed by atoms with E-state index in [0.717, 1.165) is 10.0 Å². The third-order valence-corrected chi connectivity index (χ3v) is 2.93. The fraction of sp³-hybridized carbons (Fsp3) is 0.0833. The number of benzene rings is 1. The minimum Gasteiger partial charge on any atom is -0.437 e. The van der Waals surface area contributed by atoms with Crippen molar-refractivity contribution in [2.75, 3.05) is 0 Å². The average molecular weight is 314 g/mol. The van der Waals surface area contributed by atoms with E-state index in [2.05, 4.69) is 20.9 Å². The average Bonchev–Trinajstić information content (AvgIpc) is 2.33. The fourth-order valence-corrected chi connectivity index (χ4v) is 2.02. The SMILES string of the molecule is NCc1ccnc(Oc2ccc(Br)cc2Cl)c1. The number of hydrogen-bond acceptors (Lipinski definition) is 3. The van der Waals surface area contributed by atoms with Gasteiger partial charge >= 0.3 is 0 Å². The second-order valence-electron chi connectivity index (χ2n) is 3.38. The topological polar surface area (TPSA) is 48.1 Å². The minimum atomic E-state index is 0.451. The molecular weight excluding hydrogens is 304 g/mol. The van der Waals surface area contributed by atoms with Crippen molar-refractivity contribution in [3.05, 3.63) is 51.6 Å². The smallest absolute Gasteiger partial charge is 0.219 e. The van der Waals surface area contributed by atoms with E-state index in [0.29, 0.717) is 23.2 Å². The quantitative estimate of drug-likeness (QED) is 0.939. The summed E-state index contributed by atoms with van der Waals surface area (Å²) in [6, 6.07) is 9.04. The summed E-state index contributed by atoms with van der Waals surface area (Å²) in [5.41, 5.74) is 6.51. The summed E-state index contributed by atoms with van der Waals surface area (Å²) in [6.07, 6.45) is 1.66. The molecule has 0 aliphatic heterocycles. The first-order chi connectivity index (χ1) is 8.19. The third kappa shape index (κ3) is 3.19. The van der Waals surface area contributed by atoms with Crippen molar-refractivity contribution in [2.24, 2.45) is 5.73 Å². The first-order valence-corrected chi connectivity index (χ1v) is 6.14. The fourth-order valence-electron chi connectivity index (χ4n) is 1.30. The van der Waals surface area contributed by atoms with Crippen LogP contribution in [0.3, 0.4) is 0 Å². The van der Waals surface area contributed by atoms with E-state index in [9.17, 15) is 0 Å². The van der Waals surface area contributed by atoms with Gasteiger partial charge in [0.15, 0.2) is 0 Å². The second-order valence-corrected chi connectivity index (χ2v) is 4.71. The van der Waals surface area contributed by atoms with Crippen LogP contribution in [0.2, 0.25) is 5.02 Å². The predicted molar refractivity (Wildman–Crippen MR) is 71.4 cm³/mol. The lowest BCUT2D eigenvalue weighted by Gasteiger charge is -2.07. The Kier molecular flexibility index (Phi) is 3.99. The van der Waals surface area contributed by atoms with Gasteiger partial charge in [0, 0.05) is 23.3 Å². The molecular formula is C12H10BrClN2O. The van der Waals surface area contributed by atoms with E-state index in [1.54, 1.807) is 24.4 Å². The van der Waals surface area contributed by atoms with E-state index in [1.165, 1.54) is 0 Å². The Morgan fingerprint density at radius 2 is 2.12 bits per heavy atom. The summed E-state index contributed by atoms with van der Waals surface area (Å²) in [6.45, 7) is 0.451.